The Labute approximate surface area is 135 Å². The molecule has 122 valence electrons. The van der Waals surface area contributed by atoms with Gasteiger partial charge in [-0.1, -0.05) is 0 Å². The average Bonchev–Trinajstić information content (AvgIpc) is 2.60. The first kappa shape index (κ1) is 16.8. The normalized spacial score (nSPS) is 10.3. The van der Waals surface area contributed by atoms with Crippen LogP contribution in [0.1, 0.15) is 5.56 Å². The average molecular weight is 316 g/mol. The summed E-state index contributed by atoms with van der Waals surface area (Å²) in [7, 11) is 3.14. The van der Waals surface area contributed by atoms with E-state index in [1.165, 1.54) is 6.20 Å². The highest BCUT2D eigenvalue weighted by Gasteiger charge is 2.13. The van der Waals surface area contributed by atoms with Gasteiger partial charge in [-0.25, -0.2) is 0 Å². The highest BCUT2D eigenvalue weighted by molar-refractivity contribution is 5.96. The van der Waals surface area contributed by atoms with Crippen molar-refractivity contribution >= 4 is 16.6 Å². The van der Waals surface area contributed by atoms with Crippen molar-refractivity contribution in [3.05, 3.63) is 23.9 Å². The molecule has 0 amide bonds. The summed E-state index contributed by atoms with van der Waals surface area (Å²) in [6.45, 7) is 2.05. The highest BCUT2D eigenvalue weighted by atomic mass is 16.5. The van der Waals surface area contributed by atoms with E-state index < -0.39 is 0 Å². The fraction of sp³-hybridized carbons (Fsp3) is 0.375. The Kier molecular flexibility index (Phi) is 5.97. The van der Waals surface area contributed by atoms with Crippen molar-refractivity contribution in [1.29, 1.82) is 5.26 Å². The monoisotopic (exact) mass is 316 g/mol. The van der Waals surface area contributed by atoms with Crippen molar-refractivity contribution in [2.75, 3.05) is 45.8 Å². The molecular weight excluding hydrogens is 296 g/mol. The van der Waals surface area contributed by atoms with Gasteiger partial charge in [-0.05, 0) is 6.07 Å². The van der Waals surface area contributed by atoms with E-state index in [1.807, 2.05) is 6.07 Å². The molecule has 23 heavy (non-hydrogen) atoms. The van der Waals surface area contributed by atoms with E-state index in [1.54, 1.807) is 20.3 Å². The van der Waals surface area contributed by atoms with Crippen LogP contribution in [0.2, 0.25) is 0 Å². The van der Waals surface area contributed by atoms with Crippen molar-refractivity contribution in [3.8, 4) is 17.6 Å². The number of hydrogen-bond donors (Lipinski definition) is 2. The van der Waals surface area contributed by atoms with Gasteiger partial charge in [-0.3, -0.25) is 4.98 Å². The van der Waals surface area contributed by atoms with Gasteiger partial charge in [0.05, 0.1) is 44.2 Å². The number of benzene rings is 1. The summed E-state index contributed by atoms with van der Waals surface area (Å²) in [4.78, 5) is 4.31. The lowest BCUT2D eigenvalue weighted by Gasteiger charge is -2.14. The molecular formula is C16H20N4O3. The molecule has 0 spiro atoms. The Morgan fingerprint density at radius 3 is 2.61 bits per heavy atom. The molecule has 0 saturated heterocycles. The molecule has 0 fully saturated rings. The third-order valence-electron chi connectivity index (χ3n) is 3.30. The van der Waals surface area contributed by atoms with Crippen LogP contribution in [0, 0.1) is 11.3 Å². The van der Waals surface area contributed by atoms with Crippen LogP contribution >= 0.6 is 0 Å². The number of nitrogens with one attached hydrogen (secondary N) is 1. The van der Waals surface area contributed by atoms with Gasteiger partial charge >= 0.3 is 0 Å². The first-order valence-electron chi connectivity index (χ1n) is 7.21. The van der Waals surface area contributed by atoms with Crippen LogP contribution in [0.4, 0.5) is 5.69 Å². The van der Waals surface area contributed by atoms with Gasteiger partial charge in [0, 0.05) is 30.7 Å². The molecule has 3 N–H and O–H groups in total. The number of nitriles is 1. The molecule has 0 saturated carbocycles. The Hall–Kier alpha value is -2.56. The number of ether oxygens (including phenoxy) is 3. The Balaban J connectivity index is 2.37. The SMILES string of the molecule is COc1cc2ncc(C#N)c(NCCOCCN)c2cc1OC. The lowest BCUT2D eigenvalue weighted by molar-refractivity contribution is 0.151. The fourth-order valence-corrected chi connectivity index (χ4v) is 2.23. The van der Waals surface area contributed by atoms with Gasteiger partial charge in [0.25, 0.3) is 0 Å². The molecule has 0 aliphatic carbocycles. The molecule has 2 aromatic rings. The van der Waals surface area contributed by atoms with Crippen molar-refractivity contribution in [2.24, 2.45) is 5.73 Å². The van der Waals surface area contributed by atoms with Gasteiger partial charge in [-0.15, -0.1) is 0 Å². The van der Waals surface area contributed by atoms with E-state index in [-0.39, 0.29) is 0 Å². The van der Waals surface area contributed by atoms with Crippen molar-refractivity contribution < 1.29 is 14.2 Å². The van der Waals surface area contributed by atoms with E-state index in [0.717, 1.165) is 5.39 Å². The molecule has 0 unspecified atom stereocenters. The Morgan fingerprint density at radius 2 is 1.96 bits per heavy atom. The largest absolute Gasteiger partial charge is 0.493 e. The first-order valence-corrected chi connectivity index (χ1v) is 7.21. The maximum Gasteiger partial charge on any atom is 0.162 e. The van der Waals surface area contributed by atoms with Crippen LogP contribution in [-0.4, -0.2) is 45.5 Å². The van der Waals surface area contributed by atoms with Crippen LogP contribution in [0.3, 0.4) is 0 Å². The number of methoxy groups -OCH3 is 2. The minimum absolute atomic E-state index is 0.462. The Bertz CT molecular complexity index is 713. The molecule has 0 aliphatic heterocycles. The number of pyridine rings is 1. The molecule has 1 aromatic heterocycles. The van der Waals surface area contributed by atoms with Gasteiger partial charge in [0.1, 0.15) is 6.07 Å². The van der Waals surface area contributed by atoms with Gasteiger partial charge in [0.2, 0.25) is 0 Å². The molecule has 0 aliphatic rings. The summed E-state index contributed by atoms with van der Waals surface area (Å²) in [5, 5.41) is 13.3. The summed E-state index contributed by atoms with van der Waals surface area (Å²) in [6, 6.07) is 5.74. The second kappa shape index (κ2) is 8.17. The molecule has 7 nitrogen and oxygen atoms in total. The number of hydrogen-bond acceptors (Lipinski definition) is 7. The zero-order valence-corrected chi connectivity index (χ0v) is 13.3. The number of aromatic nitrogens is 1. The number of nitrogens with zero attached hydrogens (tertiary/aromatic N) is 2. The molecule has 0 radical (unpaired) electrons. The zero-order chi connectivity index (χ0) is 16.7. The third kappa shape index (κ3) is 3.80. The molecule has 0 atom stereocenters. The van der Waals surface area contributed by atoms with E-state index >= 15 is 0 Å². The number of rotatable bonds is 8. The highest BCUT2D eigenvalue weighted by Crippen LogP contribution is 2.35. The van der Waals surface area contributed by atoms with Gasteiger partial charge in [0.15, 0.2) is 11.5 Å². The smallest absolute Gasteiger partial charge is 0.162 e. The van der Waals surface area contributed by atoms with Crippen molar-refractivity contribution in [2.45, 2.75) is 0 Å². The Morgan fingerprint density at radius 1 is 1.22 bits per heavy atom. The van der Waals surface area contributed by atoms with E-state index in [9.17, 15) is 5.26 Å². The maximum atomic E-state index is 9.31. The molecule has 2 rings (SSSR count). The molecule has 1 heterocycles. The minimum Gasteiger partial charge on any atom is -0.493 e. The van der Waals surface area contributed by atoms with Gasteiger partial charge < -0.3 is 25.3 Å². The fourth-order valence-electron chi connectivity index (χ4n) is 2.23. The lowest BCUT2D eigenvalue weighted by atomic mass is 10.1. The first-order chi connectivity index (χ1) is 11.2. The second-order valence-corrected chi connectivity index (χ2v) is 4.71. The standard InChI is InChI=1S/C16H20N4O3/c1-21-14-7-12-13(8-15(14)22-2)20-10-11(9-18)16(12)19-4-6-23-5-3-17/h7-8,10H,3-6,17H2,1-2H3,(H,19,20). The summed E-state index contributed by atoms with van der Waals surface area (Å²) < 4.78 is 16.0. The van der Waals surface area contributed by atoms with Crippen LogP contribution < -0.4 is 20.5 Å². The summed E-state index contributed by atoms with van der Waals surface area (Å²) in [5.41, 5.74) is 7.26. The van der Waals surface area contributed by atoms with Crippen LogP contribution in [0.25, 0.3) is 10.9 Å². The van der Waals surface area contributed by atoms with E-state index in [2.05, 4.69) is 16.4 Å². The quantitative estimate of drug-likeness (QED) is 0.712. The predicted molar refractivity (Wildman–Crippen MR) is 87.9 cm³/mol. The van der Waals surface area contributed by atoms with Crippen LogP contribution in [-0.2, 0) is 4.74 Å². The number of nitrogens with two attached hydrogens (primary N) is 1. The third-order valence-corrected chi connectivity index (χ3v) is 3.30. The summed E-state index contributed by atoms with van der Waals surface area (Å²) >= 11 is 0. The van der Waals surface area contributed by atoms with Gasteiger partial charge in [-0.2, -0.15) is 5.26 Å². The summed E-state index contributed by atoms with van der Waals surface area (Å²) in [6.07, 6.45) is 1.54. The zero-order valence-electron chi connectivity index (χ0n) is 13.3. The van der Waals surface area contributed by atoms with E-state index in [4.69, 9.17) is 19.9 Å². The van der Waals surface area contributed by atoms with Crippen molar-refractivity contribution in [3.63, 3.8) is 0 Å². The minimum atomic E-state index is 0.462. The predicted octanol–water partition coefficient (Wildman–Crippen LogP) is 1.51. The van der Waals surface area contributed by atoms with Crippen LogP contribution in [0.15, 0.2) is 18.3 Å². The van der Waals surface area contributed by atoms with Crippen LogP contribution in [0.5, 0.6) is 11.5 Å². The van der Waals surface area contributed by atoms with E-state index in [0.29, 0.717) is 54.6 Å². The number of fused-ring (bicyclic) bond motifs is 1. The topological polar surface area (TPSA) is 102 Å². The maximum absolute atomic E-state index is 9.31. The molecule has 0 bridgehead atoms. The summed E-state index contributed by atoms with van der Waals surface area (Å²) in [5.74, 6) is 1.17. The van der Waals surface area contributed by atoms with Crippen molar-refractivity contribution in [1.82, 2.24) is 4.98 Å². The second-order valence-electron chi connectivity index (χ2n) is 4.71. The molecule has 7 heteroatoms. The lowest BCUT2D eigenvalue weighted by Crippen LogP contribution is -2.15. The molecule has 1 aromatic carbocycles. The number of anilines is 1.